The average Bonchev–Trinajstić information content (AvgIpc) is 3.81. The Bertz CT molecular complexity index is 1540. The molecule has 5 heterocycles. The van der Waals surface area contributed by atoms with Crippen molar-refractivity contribution in [1.82, 2.24) is 20.1 Å². The molecule has 4 aliphatic heterocycles. The van der Waals surface area contributed by atoms with E-state index in [4.69, 9.17) is 9.73 Å². The van der Waals surface area contributed by atoms with Crippen LogP contribution in [0.25, 0.3) is 5.57 Å². The van der Waals surface area contributed by atoms with Gasteiger partial charge >= 0.3 is 6.18 Å². The van der Waals surface area contributed by atoms with Gasteiger partial charge in [0, 0.05) is 60.2 Å². The second kappa shape index (κ2) is 11.1. The molecule has 1 N–H and O–H groups in total. The Morgan fingerprint density at radius 2 is 1.93 bits per heavy atom. The summed E-state index contributed by atoms with van der Waals surface area (Å²) in [6.45, 7) is 2.97. The van der Waals surface area contributed by atoms with Crippen LogP contribution >= 0.6 is 11.3 Å². The zero-order chi connectivity index (χ0) is 30.5. The molecule has 7 rings (SSSR count). The van der Waals surface area contributed by atoms with Gasteiger partial charge in [-0.2, -0.15) is 13.2 Å². The van der Waals surface area contributed by atoms with Crippen molar-refractivity contribution in [3.63, 3.8) is 0 Å². The number of likely N-dealkylation sites (tertiary alicyclic amines) is 2. The molecule has 2 bridgehead atoms. The van der Waals surface area contributed by atoms with Crippen LogP contribution in [0.1, 0.15) is 66.6 Å². The Kier molecular flexibility index (Phi) is 7.39. The molecule has 5 aliphatic rings. The summed E-state index contributed by atoms with van der Waals surface area (Å²) in [5.41, 5.74) is 3.59. The first-order valence-electron chi connectivity index (χ1n) is 15.1. The molecule has 232 valence electrons. The van der Waals surface area contributed by atoms with Gasteiger partial charge in [-0.05, 0) is 69.3 Å². The van der Waals surface area contributed by atoms with Crippen LogP contribution < -0.4 is 5.32 Å². The monoisotopic (exact) mass is 625 g/mol. The Balaban J connectivity index is 0.906. The van der Waals surface area contributed by atoms with E-state index in [9.17, 15) is 22.8 Å². The fraction of sp³-hybridized carbons (Fsp3) is 0.500. The standard InChI is InChI=1S/C32H34F3N5O3S/c33-32(34,35)23-3-1-2-21(12-23)29(42)37-16-28(41)40-11-9-30(19-40)8-10-39(18-30)24-4-6-31(7-5-24)27-14-25(43-31)13-22(15-36-27)26-17-44-20-38-26/h1-3,12-13,15,17,20,24H,4-11,14,16,18-19H2,(H,37,42)/t24?,30-,31?/m0/s1. The number of allylic oxidation sites excluding steroid dienone is 3. The SMILES string of the molecule is O=C(NCC(=O)N1CC[C@]2(CCN(C3CCC4(CC3)OC3=CC(c5cscn5)=CN=C4C3)C2)C1)c1cccc(C(F)(F)F)c1. The molecule has 1 aliphatic carbocycles. The molecule has 1 saturated carbocycles. The molecule has 2 amide bonds. The Hall–Kier alpha value is -3.51. The summed E-state index contributed by atoms with van der Waals surface area (Å²) < 4.78 is 45.6. The van der Waals surface area contributed by atoms with E-state index >= 15 is 0 Å². The van der Waals surface area contributed by atoms with Gasteiger partial charge in [-0.15, -0.1) is 11.3 Å². The number of benzene rings is 1. The molecule has 1 aromatic heterocycles. The third kappa shape index (κ3) is 5.58. The van der Waals surface area contributed by atoms with Crippen molar-refractivity contribution in [2.24, 2.45) is 10.4 Å². The van der Waals surface area contributed by atoms with Gasteiger partial charge in [-0.25, -0.2) is 4.98 Å². The highest BCUT2D eigenvalue weighted by molar-refractivity contribution is 7.07. The number of alkyl halides is 3. The maximum absolute atomic E-state index is 13.0. The Morgan fingerprint density at radius 1 is 1.11 bits per heavy atom. The van der Waals surface area contributed by atoms with Crippen molar-refractivity contribution in [2.75, 3.05) is 32.7 Å². The van der Waals surface area contributed by atoms with Crippen LogP contribution in [0, 0.1) is 5.41 Å². The lowest BCUT2D eigenvalue weighted by Crippen LogP contribution is -2.46. The van der Waals surface area contributed by atoms with Crippen LogP contribution in [0.15, 0.2) is 58.2 Å². The zero-order valence-corrected chi connectivity index (χ0v) is 25.1. The minimum absolute atomic E-state index is 0.0416. The van der Waals surface area contributed by atoms with Gasteiger partial charge in [0.25, 0.3) is 5.91 Å². The summed E-state index contributed by atoms with van der Waals surface area (Å²) in [5.74, 6) is 0.0768. The van der Waals surface area contributed by atoms with E-state index < -0.39 is 17.6 Å². The Morgan fingerprint density at radius 3 is 2.70 bits per heavy atom. The van der Waals surface area contributed by atoms with Gasteiger partial charge < -0.3 is 15.0 Å². The minimum Gasteiger partial charge on any atom is -0.485 e. The predicted molar refractivity (Wildman–Crippen MR) is 160 cm³/mol. The largest absolute Gasteiger partial charge is 0.485 e. The number of carbonyl (C=O) groups is 2. The summed E-state index contributed by atoms with van der Waals surface area (Å²) in [6.07, 6.45) is 6.12. The van der Waals surface area contributed by atoms with Crippen LogP contribution in [0.3, 0.4) is 0 Å². The smallest absolute Gasteiger partial charge is 0.416 e. The lowest BCUT2D eigenvalue weighted by molar-refractivity contribution is -0.137. The predicted octanol–water partition coefficient (Wildman–Crippen LogP) is 5.30. The number of halogens is 3. The third-order valence-corrected chi connectivity index (χ3v) is 10.6. The van der Waals surface area contributed by atoms with Crippen LogP contribution in [-0.4, -0.2) is 76.7 Å². The van der Waals surface area contributed by atoms with Crippen molar-refractivity contribution in [2.45, 2.75) is 62.8 Å². The van der Waals surface area contributed by atoms with E-state index in [1.54, 1.807) is 16.2 Å². The van der Waals surface area contributed by atoms with Gasteiger partial charge in [0.15, 0.2) is 0 Å². The molecule has 2 aromatic rings. The zero-order valence-electron chi connectivity index (χ0n) is 24.2. The van der Waals surface area contributed by atoms with Crippen LogP contribution in [-0.2, 0) is 15.7 Å². The van der Waals surface area contributed by atoms with Crippen LogP contribution in [0.4, 0.5) is 13.2 Å². The maximum Gasteiger partial charge on any atom is 0.416 e. The second-order valence-electron chi connectivity index (χ2n) is 12.7. The normalized spacial score (nSPS) is 28.5. The molecule has 12 heteroatoms. The summed E-state index contributed by atoms with van der Waals surface area (Å²) in [6, 6.07) is 4.70. The topological polar surface area (TPSA) is 87.1 Å². The van der Waals surface area contributed by atoms with Gasteiger partial charge in [-0.1, -0.05) is 6.07 Å². The molecule has 1 atom stereocenters. The van der Waals surface area contributed by atoms with E-state index in [-0.39, 0.29) is 29.0 Å². The van der Waals surface area contributed by atoms with E-state index in [0.717, 1.165) is 92.9 Å². The van der Waals surface area contributed by atoms with E-state index in [2.05, 4.69) is 21.3 Å². The highest BCUT2D eigenvalue weighted by Gasteiger charge is 2.51. The molecule has 44 heavy (non-hydrogen) atoms. The minimum atomic E-state index is -4.54. The molecule has 4 fully saturated rings. The molecule has 0 radical (unpaired) electrons. The summed E-state index contributed by atoms with van der Waals surface area (Å²) in [4.78, 5) is 39.1. The second-order valence-corrected chi connectivity index (χ2v) is 13.4. The third-order valence-electron chi connectivity index (χ3n) is 9.99. The number of aromatic nitrogens is 1. The highest BCUT2D eigenvalue weighted by atomic mass is 32.1. The lowest BCUT2D eigenvalue weighted by Gasteiger charge is -2.40. The number of nitrogens with one attached hydrogen (secondary N) is 1. The van der Waals surface area contributed by atoms with Crippen molar-refractivity contribution in [3.8, 4) is 0 Å². The number of hydrogen-bond donors (Lipinski definition) is 1. The number of rotatable bonds is 5. The molecule has 1 aromatic carbocycles. The number of fused-ring (bicyclic) bond motifs is 3. The fourth-order valence-corrected chi connectivity index (χ4v) is 8.12. The van der Waals surface area contributed by atoms with Gasteiger partial charge in [-0.3, -0.25) is 19.5 Å². The van der Waals surface area contributed by atoms with Gasteiger partial charge in [0.05, 0.1) is 29.0 Å². The molecular formula is C32H34F3N5O3S. The first kappa shape index (κ1) is 29.2. The van der Waals surface area contributed by atoms with Crippen molar-refractivity contribution >= 4 is 34.4 Å². The Labute approximate surface area is 257 Å². The first-order valence-corrected chi connectivity index (χ1v) is 16.1. The van der Waals surface area contributed by atoms with E-state index in [1.807, 2.05) is 17.1 Å². The number of hydrogen-bond acceptors (Lipinski definition) is 7. The van der Waals surface area contributed by atoms with E-state index in [1.165, 1.54) is 12.1 Å². The highest BCUT2D eigenvalue weighted by Crippen LogP contribution is 2.47. The molecule has 3 saturated heterocycles. The average molecular weight is 626 g/mol. The maximum atomic E-state index is 13.0. The van der Waals surface area contributed by atoms with Crippen molar-refractivity contribution in [3.05, 3.63) is 70.0 Å². The number of nitrogens with zero attached hydrogens (tertiary/aromatic N) is 4. The molecule has 0 unspecified atom stereocenters. The quantitative estimate of drug-likeness (QED) is 0.488. The van der Waals surface area contributed by atoms with Crippen molar-refractivity contribution in [1.29, 1.82) is 0 Å². The molecular weight excluding hydrogens is 591 g/mol. The first-order chi connectivity index (χ1) is 21.1. The number of amides is 2. The van der Waals surface area contributed by atoms with Gasteiger partial charge in [0.1, 0.15) is 11.4 Å². The number of ether oxygens (including phenoxy) is 1. The molecule has 2 spiro atoms. The lowest BCUT2D eigenvalue weighted by atomic mass is 9.78. The summed E-state index contributed by atoms with van der Waals surface area (Å²) in [5, 5.41) is 4.53. The van der Waals surface area contributed by atoms with E-state index in [0.29, 0.717) is 19.1 Å². The number of aliphatic imine (C=N–C) groups is 1. The number of thiazole rings is 1. The number of carbonyl (C=O) groups excluding carboxylic acids is 2. The van der Waals surface area contributed by atoms with Crippen molar-refractivity contribution < 1.29 is 27.5 Å². The van der Waals surface area contributed by atoms with Crippen LogP contribution in [0.2, 0.25) is 0 Å². The van der Waals surface area contributed by atoms with Crippen LogP contribution in [0.5, 0.6) is 0 Å². The summed E-state index contributed by atoms with van der Waals surface area (Å²) >= 11 is 1.57. The van der Waals surface area contributed by atoms with Gasteiger partial charge in [0.2, 0.25) is 5.91 Å². The summed E-state index contributed by atoms with van der Waals surface area (Å²) in [7, 11) is 0. The molecule has 8 nitrogen and oxygen atoms in total. The fourth-order valence-electron chi connectivity index (χ4n) is 7.56.